The first-order chi connectivity index (χ1) is 5.64. The zero-order valence-corrected chi connectivity index (χ0v) is 10.8. The van der Waals surface area contributed by atoms with E-state index in [0.717, 1.165) is 0 Å². The molecule has 5 nitrogen and oxygen atoms in total. The minimum absolute atomic E-state index is 0. The van der Waals surface area contributed by atoms with Crippen molar-refractivity contribution < 1.29 is 75.0 Å². The molecule has 0 aliphatic carbocycles. The predicted molar refractivity (Wildman–Crippen MR) is 40.8 cm³/mol. The number of para-hydroxylation sites is 1. The van der Waals surface area contributed by atoms with Gasteiger partial charge in [-0.05, 0) is 12.1 Å². The Balaban J connectivity index is 0. The molecule has 0 saturated heterocycles. The second-order valence-corrected chi connectivity index (χ2v) is 3.01. The molecule has 1 N–H and O–H groups in total. The molecule has 0 aromatic heterocycles. The standard InChI is InChI=1S/C6H6O5S.K.H/c7-11-12(8,9)10-6-4-2-1-3-5-6;;/h1-5,7H;;/q;+1;-1. The van der Waals surface area contributed by atoms with Crippen molar-refractivity contribution in [2.24, 2.45) is 0 Å². The Morgan fingerprint density at radius 3 is 2.23 bits per heavy atom. The molecule has 0 bridgehead atoms. The van der Waals surface area contributed by atoms with Gasteiger partial charge >= 0.3 is 61.8 Å². The van der Waals surface area contributed by atoms with Crippen LogP contribution in [0.2, 0.25) is 0 Å². The van der Waals surface area contributed by atoms with E-state index in [1.165, 1.54) is 12.1 Å². The van der Waals surface area contributed by atoms with Gasteiger partial charge in [-0.15, -0.1) is 0 Å². The van der Waals surface area contributed by atoms with Crippen molar-refractivity contribution in [3.05, 3.63) is 30.3 Å². The second kappa shape index (κ2) is 6.09. The quantitative estimate of drug-likeness (QED) is 0.366. The average Bonchev–Trinajstić information content (AvgIpc) is 2.06. The van der Waals surface area contributed by atoms with Gasteiger partial charge < -0.3 is 5.61 Å². The van der Waals surface area contributed by atoms with Crippen LogP contribution in [0, 0.1) is 0 Å². The SMILES string of the molecule is O=S(=O)(OO)Oc1ccccc1.[H-].[K+]. The van der Waals surface area contributed by atoms with Gasteiger partial charge in [0.15, 0.2) is 0 Å². The average molecular weight is 230 g/mol. The number of hydrogen-bond donors (Lipinski definition) is 1. The van der Waals surface area contributed by atoms with Crippen molar-refractivity contribution in [1.82, 2.24) is 0 Å². The van der Waals surface area contributed by atoms with Crippen molar-refractivity contribution in [2.75, 3.05) is 0 Å². The van der Waals surface area contributed by atoms with Crippen molar-refractivity contribution >= 4 is 10.4 Å². The van der Waals surface area contributed by atoms with Crippen LogP contribution in [-0.2, 0) is 14.7 Å². The predicted octanol–water partition coefficient (Wildman–Crippen LogP) is -2.08. The van der Waals surface area contributed by atoms with Crippen LogP contribution in [0.25, 0.3) is 0 Å². The van der Waals surface area contributed by atoms with Crippen molar-refractivity contribution in [2.45, 2.75) is 0 Å². The largest absolute Gasteiger partial charge is 1.00 e. The molecule has 0 spiro atoms. The van der Waals surface area contributed by atoms with E-state index in [2.05, 4.69) is 8.52 Å². The maximum Gasteiger partial charge on any atom is 1.00 e. The summed E-state index contributed by atoms with van der Waals surface area (Å²) in [7, 11) is -4.32. The Labute approximate surface area is 120 Å². The Bertz CT molecular complexity index is 340. The van der Waals surface area contributed by atoms with E-state index in [9.17, 15) is 8.42 Å². The minimum atomic E-state index is -4.32. The molecule has 1 aromatic rings. The van der Waals surface area contributed by atoms with Crippen molar-refractivity contribution in [3.63, 3.8) is 0 Å². The van der Waals surface area contributed by atoms with Crippen LogP contribution in [0.1, 0.15) is 1.43 Å². The van der Waals surface area contributed by atoms with Gasteiger partial charge in [-0.25, -0.2) is 5.26 Å². The van der Waals surface area contributed by atoms with Gasteiger partial charge in [0.05, 0.1) is 0 Å². The van der Waals surface area contributed by atoms with Crippen LogP contribution in [0.3, 0.4) is 0 Å². The molecule has 0 atom stereocenters. The van der Waals surface area contributed by atoms with E-state index in [1.54, 1.807) is 18.2 Å². The third-order valence-corrected chi connectivity index (χ3v) is 1.61. The van der Waals surface area contributed by atoms with Crippen LogP contribution >= 0.6 is 0 Å². The maximum atomic E-state index is 10.5. The Hall–Kier alpha value is 0.526. The molecule has 1 aromatic carbocycles. The summed E-state index contributed by atoms with van der Waals surface area (Å²) in [5, 5.41) is 7.84. The van der Waals surface area contributed by atoms with Crippen LogP contribution in [0.5, 0.6) is 5.75 Å². The summed E-state index contributed by atoms with van der Waals surface area (Å²) in [5.74, 6) is 0.0755. The topological polar surface area (TPSA) is 72.8 Å². The zero-order valence-electron chi connectivity index (χ0n) is 7.88. The summed E-state index contributed by atoms with van der Waals surface area (Å²) in [4.78, 5) is 0. The normalized spacial score (nSPS) is 10.2. The van der Waals surface area contributed by atoms with Gasteiger partial charge in [0, 0.05) is 0 Å². The summed E-state index contributed by atoms with van der Waals surface area (Å²) < 4.78 is 28.3. The third kappa shape index (κ3) is 5.08. The molecule has 13 heavy (non-hydrogen) atoms. The fourth-order valence-corrected chi connectivity index (χ4v) is 0.986. The molecule has 0 saturated carbocycles. The van der Waals surface area contributed by atoms with Gasteiger partial charge in [-0.2, -0.15) is 8.42 Å². The molecular formula is C6H7KO5S. The molecular weight excluding hydrogens is 223 g/mol. The number of rotatable bonds is 3. The molecule has 0 radical (unpaired) electrons. The van der Waals surface area contributed by atoms with Gasteiger partial charge in [0.1, 0.15) is 5.75 Å². The first-order valence-electron chi connectivity index (χ1n) is 2.96. The van der Waals surface area contributed by atoms with Gasteiger partial charge in [-0.1, -0.05) is 22.5 Å². The second-order valence-electron chi connectivity index (χ2n) is 1.88. The van der Waals surface area contributed by atoms with Crippen LogP contribution in [0.4, 0.5) is 0 Å². The fraction of sp³-hybridized carbons (Fsp3) is 0. The smallest absolute Gasteiger partial charge is 1.00 e. The molecule has 0 aliphatic rings. The number of hydrogen-bond acceptors (Lipinski definition) is 5. The first kappa shape index (κ1) is 13.5. The third-order valence-electron chi connectivity index (χ3n) is 1.03. The van der Waals surface area contributed by atoms with E-state index >= 15 is 0 Å². The van der Waals surface area contributed by atoms with Crippen LogP contribution < -0.4 is 55.6 Å². The van der Waals surface area contributed by atoms with E-state index in [1.807, 2.05) is 0 Å². The molecule has 1 rings (SSSR count). The van der Waals surface area contributed by atoms with Crippen LogP contribution in [0.15, 0.2) is 30.3 Å². The molecule has 0 fully saturated rings. The van der Waals surface area contributed by atoms with Gasteiger partial charge in [-0.3, -0.25) is 0 Å². The molecule has 7 heteroatoms. The van der Waals surface area contributed by atoms with E-state index in [0.29, 0.717) is 0 Å². The Morgan fingerprint density at radius 2 is 1.77 bits per heavy atom. The van der Waals surface area contributed by atoms with Crippen molar-refractivity contribution in [3.8, 4) is 5.75 Å². The monoisotopic (exact) mass is 230 g/mol. The summed E-state index contributed by atoms with van der Waals surface area (Å²) in [6.45, 7) is 0. The van der Waals surface area contributed by atoms with Gasteiger partial charge in [0.2, 0.25) is 0 Å². The maximum absolute atomic E-state index is 10.5. The summed E-state index contributed by atoms with van der Waals surface area (Å²) in [5.41, 5.74) is 0. The summed E-state index contributed by atoms with van der Waals surface area (Å²) in [6.07, 6.45) is 0. The van der Waals surface area contributed by atoms with Gasteiger partial charge in [0.25, 0.3) is 0 Å². The summed E-state index contributed by atoms with van der Waals surface area (Å²) >= 11 is 0. The zero-order chi connectivity index (χ0) is 9.03. The first-order valence-corrected chi connectivity index (χ1v) is 4.30. The van der Waals surface area contributed by atoms with Crippen molar-refractivity contribution in [1.29, 1.82) is 0 Å². The van der Waals surface area contributed by atoms with E-state index < -0.39 is 10.4 Å². The molecule has 68 valence electrons. The van der Waals surface area contributed by atoms with E-state index in [-0.39, 0.29) is 58.6 Å². The molecule has 0 aliphatic heterocycles. The summed E-state index contributed by atoms with van der Waals surface area (Å²) in [6, 6.07) is 7.69. The Kier molecular flexibility index (Phi) is 6.34. The Morgan fingerprint density at radius 1 is 1.23 bits per heavy atom. The van der Waals surface area contributed by atoms with Crippen LogP contribution in [-0.4, -0.2) is 13.7 Å². The number of benzene rings is 1. The molecule has 0 amide bonds. The van der Waals surface area contributed by atoms with E-state index in [4.69, 9.17) is 5.26 Å². The fourth-order valence-electron chi connectivity index (χ4n) is 0.609. The molecule has 0 heterocycles. The minimum Gasteiger partial charge on any atom is -1.00 e. The molecule has 0 unspecified atom stereocenters.